The molecule has 2 aliphatic carbocycles. The topological polar surface area (TPSA) is 179 Å². The summed E-state index contributed by atoms with van der Waals surface area (Å²) in [5.41, 5.74) is 6.96. The number of halogens is 1. The van der Waals surface area contributed by atoms with Gasteiger partial charge in [0.2, 0.25) is 0 Å². The molecule has 65 heavy (non-hydrogen) atoms. The Morgan fingerprint density at radius 2 is 1.15 bits per heavy atom. The zero-order chi connectivity index (χ0) is 45.8. The minimum Gasteiger partial charge on any atom is -0.497 e. The van der Waals surface area contributed by atoms with Crippen molar-refractivity contribution in [2.24, 2.45) is 0 Å². The number of aromatic nitrogens is 2. The van der Waals surface area contributed by atoms with Gasteiger partial charge in [-0.2, -0.15) is 0 Å². The van der Waals surface area contributed by atoms with Gasteiger partial charge in [0.15, 0.2) is 0 Å². The number of hydrogen-bond acceptors (Lipinski definition) is 11. The largest absolute Gasteiger partial charge is 0.497 e. The van der Waals surface area contributed by atoms with Crippen molar-refractivity contribution in [3.05, 3.63) is 98.8 Å². The number of hydrogen-bond donors (Lipinski definition) is 2. The van der Waals surface area contributed by atoms with Crippen LogP contribution in [0.25, 0.3) is 33.9 Å². The van der Waals surface area contributed by atoms with Crippen molar-refractivity contribution >= 4 is 35.6 Å². The SMILES string of the molecule is CC(C)(C)OC(=O)N1CC2(Cc3oc4c(c3C(=O)N2)CCc2cnc(Cl)cc2-4)C1.COc1ccc(-c2cc3c(cn2)CCc2c-3oc3c2C(=O)NC2(C3)CN(C(=O)OC(C)(C)C)C2)cc1. The van der Waals surface area contributed by atoms with E-state index in [0.717, 1.165) is 87.6 Å². The summed E-state index contributed by atoms with van der Waals surface area (Å²) in [6.07, 6.45) is 7.11. The molecule has 11 rings (SSSR count). The maximum absolute atomic E-state index is 13.3. The van der Waals surface area contributed by atoms with Gasteiger partial charge in [-0.15, -0.1) is 0 Å². The molecule has 0 bridgehead atoms. The molecule has 338 valence electrons. The van der Waals surface area contributed by atoms with Gasteiger partial charge in [0.25, 0.3) is 11.8 Å². The molecule has 6 aliphatic rings. The molecule has 16 heteroatoms. The van der Waals surface area contributed by atoms with Crippen LogP contribution in [-0.4, -0.2) is 99.3 Å². The third-order valence-electron chi connectivity index (χ3n) is 12.8. The smallest absolute Gasteiger partial charge is 0.410 e. The number of carbonyl (C=O) groups excluding carboxylic acids is 4. The number of methoxy groups -OCH3 is 1. The van der Waals surface area contributed by atoms with E-state index in [0.29, 0.717) is 66.8 Å². The molecule has 2 saturated heterocycles. The molecule has 0 unspecified atom stereocenters. The molecule has 0 atom stereocenters. The number of pyridine rings is 2. The first-order valence-electron chi connectivity index (χ1n) is 22.0. The predicted molar refractivity (Wildman–Crippen MR) is 239 cm³/mol. The number of fused-ring (bicyclic) bond motifs is 10. The number of benzene rings is 1. The van der Waals surface area contributed by atoms with E-state index in [2.05, 4.69) is 20.6 Å². The molecule has 1 aromatic carbocycles. The van der Waals surface area contributed by atoms with Crippen molar-refractivity contribution in [1.82, 2.24) is 30.4 Å². The third-order valence-corrected chi connectivity index (χ3v) is 13.0. The van der Waals surface area contributed by atoms with E-state index in [4.69, 9.17) is 34.6 Å². The minimum absolute atomic E-state index is 0.127. The van der Waals surface area contributed by atoms with E-state index in [1.165, 1.54) is 0 Å². The van der Waals surface area contributed by atoms with Gasteiger partial charge in [0.05, 0.1) is 35.0 Å². The summed E-state index contributed by atoms with van der Waals surface area (Å²) in [6, 6.07) is 11.6. The Balaban J connectivity index is 0.000000157. The van der Waals surface area contributed by atoms with Crippen molar-refractivity contribution in [2.75, 3.05) is 33.3 Å². The molecule has 0 radical (unpaired) electrons. The van der Waals surface area contributed by atoms with Gasteiger partial charge in [-0.3, -0.25) is 14.6 Å². The normalized spacial score (nSPS) is 18.2. The molecule has 2 N–H and O–H groups in total. The third kappa shape index (κ3) is 7.76. The monoisotopic (exact) mass is 902 g/mol. The Morgan fingerprint density at radius 3 is 1.62 bits per heavy atom. The lowest BCUT2D eigenvalue weighted by Crippen LogP contribution is -2.73. The molecule has 4 amide bonds. The Labute approximate surface area is 381 Å². The van der Waals surface area contributed by atoms with Crippen LogP contribution < -0.4 is 15.4 Å². The highest BCUT2D eigenvalue weighted by atomic mass is 35.5. The van der Waals surface area contributed by atoms with E-state index in [-0.39, 0.29) is 24.0 Å². The summed E-state index contributed by atoms with van der Waals surface area (Å²) in [4.78, 5) is 63.0. The first kappa shape index (κ1) is 42.6. The standard InChI is InChI=1S/C28H29N3O5.C21H22ClN3O4/c1-27(2,3)36-26(33)31-14-28(15-31)12-22-23(25(32)30-28)19-10-7-17-13-29-21(11-20(17)24(19)35-22)16-5-8-18(34-4)9-6-16;1-20(2,3)29-19(27)25-9-21(10-25)7-14-16(18(26)24-21)12-5-4-11-8-23-15(22)6-13(11)17(12)28-14/h5-6,8-9,11,13H,7,10,12,14-15H2,1-4H3,(H,30,32);6,8H,4-5,7,9-10H2,1-3H3,(H,24,26). The second-order valence-corrected chi connectivity index (χ2v) is 20.4. The Morgan fingerprint density at radius 1 is 0.692 bits per heavy atom. The fraction of sp³-hybridized carbons (Fsp3) is 0.429. The number of furan rings is 2. The zero-order valence-electron chi connectivity index (χ0n) is 37.5. The summed E-state index contributed by atoms with van der Waals surface area (Å²) in [6.45, 7) is 12.7. The Hall–Kier alpha value is -6.35. The molecule has 0 saturated carbocycles. The molecular formula is C49H51ClN6O9. The van der Waals surface area contributed by atoms with Crippen molar-refractivity contribution in [3.8, 4) is 39.7 Å². The van der Waals surface area contributed by atoms with Crippen molar-refractivity contribution in [3.63, 3.8) is 0 Å². The summed E-state index contributed by atoms with van der Waals surface area (Å²) in [5.74, 6) is 3.39. The lowest BCUT2D eigenvalue weighted by Gasteiger charge is -2.51. The molecule has 2 spiro atoms. The highest BCUT2D eigenvalue weighted by molar-refractivity contribution is 6.29. The second kappa shape index (κ2) is 15.1. The van der Waals surface area contributed by atoms with Crippen LogP contribution >= 0.6 is 11.6 Å². The molecule has 8 heterocycles. The van der Waals surface area contributed by atoms with Gasteiger partial charge in [-0.1, -0.05) is 11.6 Å². The van der Waals surface area contributed by atoms with E-state index < -0.39 is 22.3 Å². The number of nitrogens with zero attached hydrogens (tertiary/aromatic N) is 4. The maximum Gasteiger partial charge on any atom is 0.410 e. The number of amides is 4. The van der Waals surface area contributed by atoms with Crippen LogP contribution in [0.1, 0.15) is 96.0 Å². The number of nitrogens with one attached hydrogen (secondary N) is 2. The number of likely N-dealkylation sites (tertiary alicyclic amines) is 2. The van der Waals surface area contributed by atoms with Crippen LogP contribution in [0.2, 0.25) is 5.15 Å². The average Bonchev–Trinajstić information content (AvgIpc) is 3.80. The van der Waals surface area contributed by atoms with Crippen LogP contribution in [-0.2, 0) is 48.0 Å². The van der Waals surface area contributed by atoms with Gasteiger partial charge < -0.3 is 43.5 Å². The first-order chi connectivity index (χ1) is 30.8. The van der Waals surface area contributed by atoms with Crippen LogP contribution in [0.15, 0.2) is 57.6 Å². The van der Waals surface area contributed by atoms with E-state index >= 15 is 0 Å². The number of carbonyl (C=O) groups is 4. The second-order valence-electron chi connectivity index (χ2n) is 20.0. The van der Waals surface area contributed by atoms with Crippen molar-refractivity contribution in [2.45, 2.75) is 102 Å². The van der Waals surface area contributed by atoms with Crippen molar-refractivity contribution in [1.29, 1.82) is 0 Å². The summed E-state index contributed by atoms with van der Waals surface area (Å²) >= 11 is 6.09. The Kier molecular flexibility index (Phi) is 9.90. The quantitative estimate of drug-likeness (QED) is 0.166. The van der Waals surface area contributed by atoms with Crippen LogP contribution in [0, 0.1) is 0 Å². The molecule has 15 nitrogen and oxygen atoms in total. The minimum atomic E-state index is -0.560. The first-order valence-corrected chi connectivity index (χ1v) is 22.4. The summed E-state index contributed by atoms with van der Waals surface area (Å²) < 4.78 is 28.8. The highest BCUT2D eigenvalue weighted by Gasteiger charge is 2.54. The average molecular weight is 903 g/mol. The molecule has 2 fully saturated rings. The van der Waals surface area contributed by atoms with Crippen LogP contribution in [0.5, 0.6) is 5.75 Å². The molecule has 5 aromatic rings. The van der Waals surface area contributed by atoms with Gasteiger partial charge in [-0.05, 0) is 115 Å². The predicted octanol–water partition coefficient (Wildman–Crippen LogP) is 7.76. The lowest BCUT2D eigenvalue weighted by molar-refractivity contribution is -0.0181. The highest BCUT2D eigenvalue weighted by Crippen LogP contribution is 2.45. The van der Waals surface area contributed by atoms with Gasteiger partial charge in [0.1, 0.15) is 45.1 Å². The molecule has 4 aromatic heterocycles. The van der Waals surface area contributed by atoms with E-state index in [1.54, 1.807) is 29.2 Å². The molecule has 4 aliphatic heterocycles. The number of rotatable bonds is 2. The van der Waals surface area contributed by atoms with Gasteiger partial charge >= 0.3 is 12.2 Å². The number of aryl methyl sites for hydroxylation is 2. The van der Waals surface area contributed by atoms with E-state index in [1.807, 2.05) is 78.1 Å². The lowest BCUT2D eigenvalue weighted by atomic mass is 9.80. The number of ether oxygens (including phenoxy) is 3. The van der Waals surface area contributed by atoms with Crippen LogP contribution in [0.4, 0.5) is 9.59 Å². The van der Waals surface area contributed by atoms with Gasteiger partial charge in [0, 0.05) is 79.2 Å². The fourth-order valence-electron chi connectivity index (χ4n) is 9.90. The molecular weight excluding hydrogens is 852 g/mol. The van der Waals surface area contributed by atoms with Crippen molar-refractivity contribution < 1.29 is 42.2 Å². The van der Waals surface area contributed by atoms with Crippen LogP contribution in [0.3, 0.4) is 0 Å². The summed E-state index contributed by atoms with van der Waals surface area (Å²) in [5, 5.41) is 6.69. The fourth-order valence-corrected chi connectivity index (χ4v) is 10.1. The van der Waals surface area contributed by atoms with E-state index in [9.17, 15) is 19.2 Å². The zero-order valence-corrected chi connectivity index (χ0v) is 38.3. The maximum atomic E-state index is 13.3. The Bertz CT molecular complexity index is 2800. The summed E-state index contributed by atoms with van der Waals surface area (Å²) in [7, 11) is 1.64. The van der Waals surface area contributed by atoms with Gasteiger partial charge in [-0.25, -0.2) is 14.6 Å².